The van der Waals surface area contributed by atoms with Gasteiger partial charge in [0.25, 0.3) is 0 Å². The molecule has 4 aromatic carbocycles. The van der Waals surface area contributed by atoms with E-state index in [0.29, 0.717) is 0 Å². The Morgan fingerprint density at radius 1 is 0.543 bits per heavy atom. The second-order valence-corrected chi connectivity index (χ2v) is 9.86. The van der Waals surface area contributed by atoms with Gasteiger partial charge in [0.1, 0.15) is 23.0 Å². The van der Waals surface area contributed by atoms with Gasteiger partial charge in [-0.1, -0.05) is 24.3 Å². The molecule has 0 aliphatic carbocycles. The fourth-order valence-electron chi connectivity index (χ4n) is 3.89. The van der Waals surface area contributed by atoms with Crippen molar-refractivity contribution in [2.45, 2.75) is 22.6 Å². The number of benzene rings is 4. The Bertz CT molecular complexity index is 1150. The van der Waals surface area contributed by atoms with Crippen LogP contribution in [0.5, 0.6) is 23.0 Å². The molecule has 0 atom stereocenters. The Morgan fingerprint density at radius 2 is 0.943 bits per heavy atom. The lowest BCUT2D eigenvalue weighted by Crippen LogP contribution is -1.98. The summed E-state index contributed by atoms with van der Waals surface area (Å²) >= 11 is 3.48. The van der Waals surface area contributed by atoms with Crippen LogP contribution in [0.2, 0.25) is 0 Å². The molecule has 4 rings (SSSR count). The zero-order chi connectivity index (χ0) is 24.6. The van der Waals surface area contributed by atoms with Crippen molar-refractivity contribution in [3.05, 3.63) is 107 Å². The highest BCUT2D eigenvalue weighted by Crippen LogP contribution is 2.35. The van der Waals surface area contributed by atoms with E-state index in [4.69, 9.17) is 14.2 Å². The first-order chi connectivity index (χ1) is 17.1. The van der Waals surface area contributed by atoms with Crippen molar-refractivity contribution in [3.63, 3.8) is 0 Å². The summed E-state index contributed by atoms with van der Waals surface area (Å²) in [6.45, 7) is 0. The van der Waals surface area contributed by atoms with Crippen molar-refractivity contribution in [1.29, 1.82) is 0 Å². The van der Waals surface area contributed by atoms with Gasteiger partial charge >= 0.3 is 0 Å². The Balaban J connectivity index is 1.65. The first-order valence-electron chi connectivity index (χ1n) is 11.4. The summed E-state index contributed by atoms with van der Waals surface area (Å²) < 4.78 is 17.2. The van der Waals surface area contributed by atoms with E-state index < -0.39 is 0 Å². The van der Waals surface area contributed by atoms with E-state index >= 15 is 0 Å². The molecule has 0 N–H and O–H groups in total. The maximum atomic E-state index is 6.61. The zero-order valence-electron chi connectivity index (χ0n) is 20.5. The van der Waals surface area contributed by atoms with Crippen molar-refractivity contribution in [2.24, 2.45) is 0 Å². The van der Waals surface area contributed by atoms with Crippen LogP contribution in [0.3, 0.4) is 0 Å². The lowest BCUT2D eigenvalue weighted by atomic mass is 10.0. The highest BCUT2D eigenvalue weighted by Gasteiger charge is 2.13. The Morgan fingerprint density at radius 3 is 1.29 bits per heavy atom. The molecule has 0 aliphatic rings. The van der Waals surface area contributed by atoms with Crippen molar-refractivity contribution >= 4 is 23.5 Å². The van der Waals surface area contributed by atoms with Crippen LogP contribution < -0.4 is 14.2 Å². The predicted molar refractivity (Wildman–Crippen MR) is 148 cm³/mol. The smallest absolute Gasteiger partial charge is 0.131 e. The van der Waals surface area contributed by atoms with Crippen molar-refractivity contribution in [2.75, 3.05) is 26.7 Å². The molecule has 180 valence electrons. The molecule has 0 fully saturated rings. The minimum atomic E-state index is 0.782. The van der Waals surface area contributed by atoms with Gasteiger partial charge in [-0.3, -0.25) is 0 Å². The summed E-state index contributed by atoms with van der Waals surface area (Å²) in [6.07, 6.45) is 5.76. The van der Waals surface area contributed by atoms with Crippen LogP contribution in [0.25, 0.3) is 0 Å². The summed E-state index contributed by atoms with van der Waals surface area (Å²) in [4.78, 5) is 2.44. The van der Waals surface area contributed by atoms with E-state index in [0.717, 1.165) is 47.0 Å². The van der Waals surface area contributed by atoms with E-state index in [2.05, 4.69) is 73.2 Å². The molecule has 3 nitrogen and oxygen atoms in total. The number of methoxy groups -OCH3 is 2. The minimum absolute atomic E-state index is 0.782. The fourth-order valence-corrected chi connectivity index (χ4v) is 4.81. The highest BCUT2D eigenvalue weighted by atomic mass is 32.2. The number of thioether (sulfide) groups is 2. The van der Waals surface area contributed by atoms with Gasteiger partial charge in [0.2, 0.25) is 0 Å². The number of hydrogen-bond donors (Lipinski definition) is 0. The van der Waals surface area contributed by atoms with E-state index in [1.165, 1.54) is 20.9 Å². The molecule has 0 amide bonds. The molecule has 0 bridgehead atoms. The average Bonchev–Trinajstić information content (AvgIpc) is 2.91. The van der Waals surface area contributed by atoms with Gasteiger partial charge < -0.3 is 14.2 Å². The molecule has 0 aromatic heterocycles. The molecular weight excluding hydrogens is 472 g/mol. The third-order valence-electron chi connectivity index (χ3n) is 5.86. The van der Waals surface area contributed by atoms with Gasteiger partial charge in [0, 0.05) is 33.8 Å². The number of hydrogen-bond acceptors (Lipinski definition) is 5. The van der Waals surface area contributed by atoms with Crippen LogP contribution in [0.15, 0.2) is 94.7 Å². The van der Waals surface area contributed by atoms with Crippen LogP contribution in [-0.4, -0.2) is 26.7 Å². The molecule has 5 heteroatoms. The maximum Gasteiger partial charge on any atom is 0.131 e. The standard InChI is InChI=1S/C30H30O3S2/c1-31-25-9-5-21(6-10-25)17-23-19-27(34-3)13-15-29(23)33-30-16-14-28(35-4)20-24(30)18-22-7-11-26(32-2)12-8-22/h5-16,19-20H,17-18H2,1-4H3. The van der Waals surface area contributed by atoms with Gasteiger partial charge in [-0.05, 0) is 84.3 Å². The first-order valence-corrected chi connectivity index (χ1v) is 13.8. The van der Waals surface area contributed by atoms with Gasteiger partial charge in [0.05, 0.1) is 14.2 Å². The third-order valence-corrected chi connectivity index (χ3v) is 7.31. The third kappa shape index (κ3) is 6.56. The Hall–Kier alpha value is -3.02. The topological polar surface area (TPSA) is 27.7 Å². The van der Waals surface area contributed by atoms with Crippen molar-refractivity contribution in [1.82, 2.24) is 0 Å². The van der Waals surface area contributed by atoms with Gasteiger partial charge in [-0.2, -0.15) is 0 Å². The Labute approximate surface area is 216 Å². The van der Waals surface area contributed by atoms with E-state index in [9.17, 15) is 0 Å². The summed E-state index contributed by atoms with van der Waals surface area (Å²) in [5.74, 6) is 3.48. The lowest BCUT2D eigenvalue weighted by Gasteiger charge is -2.17. The monoisotopic (exact) mass is 502 g/mol. The molecule has 0 heterocycles. The fraction of sp³-hybridized carbons (Fsp3) is 0.200. The minimum Gasteiger partial charge on any atom is -0.497 e. The van der Waals surface area contributed by atoms with Crippen LogP contribution in [0.4, 0.5) is 0 Å². The molecule has 35 heavy (non-hydrogen) atoms. The summed E-state index contributed by atoms with van der Waals surface area (Å²) in [5.41, 5.74) is 4.74. The molecule has 0 saturated heterocycles. The number of ether oxygens (including phenoxy) is 3. The summed E-state index contributed by atoms with van der Waals surface area (Å²) in [7, 11) is 3.38. The zero-order valence-corrected chi connectivity index (χ0v) is 22.2. The average molecular weight is 503 g/mol. The van der Waals surface area contributed by atoms with E-state index in [1.54, 1.807) is 37.7 Å². The molecule has 0 radical (unpaired) electrons. The predicted octanol–water partition coefficient (Wildman–Crippen LogP) is 8.12. The van der Waals surface area contributed by atoms with Gasteiger partial charge in [-0.15, -0.1) is 23.5 Å². The largest absolute Gasteiger partial charge is 0.497 e. The van der Waals surface area contributed by atoms with E-state index in [1.807, 2.05) is 24.3 Å². The molecule has 0 aliphatic heterocycles. The highest BCUT2D eigenvalue weighted by molar-refractivity contribution is 7.98. The lowest BCUT2D eigenvalue weighted by molar-refractivity contribution is 0.414. The molecule has 0 spiro atoms. The number of rotatable bonds is 10. The first kappa shape index (κ1) is 25.1. The molecular formula is C30H30O3S2. The molecule has 0 unspecified atom stereocenters. The SMILES string of the molecule is COc1ccc(Cc2cc(SC)ccc2Oc2ccc(SC)cc2Cc2ccc(OC)cc2)cc1. The molecule has 4 aromatic rings. The van der Waals surface area contributed by atoms with Gasteiger partial charge in [0.15, 0.2) is 0 Å². The normalized spacial score (nSPS) is 10.7. The summed E-state index contributed by atoms with van der Waals surface area (Å²) in [5, 5.41) is 0. The maximum absolute atomic E-state index is 6.61. The second-order valence-electron chi connectivity index (χ2n) is 8.10. The second kappa shape index (κ2) is 12.1. The van der Waals surface area contributed by atoms with Crippen LogP contribution in [0.1, 0.15) is 22.3 Å². The van der Waals surface area contributed by atoms with Crippen molar-refractivity contribution in [3.8, 4) is 23.0 Å². The van der Waals surface area contributed by atoms with Crippen LogP contribution in [0, 0.1) is 0 Å². The van der Waals surface area contributed by atoms with E-state index in [-0.39, 0.29) is 0 Å². The van der Waals surface area contributed by atoms with Crippen LogP contribution >= 0.6 is 23.5 Å². The molecule has 0 saturated carbocycles. The van der Waals surface area contributed by atoms with Gasteiger partial charge in [-0.25, -0.2) is 0 Å². The summed E-state index contributed by atoms with van der Waals surface area (Å²) in [6, 6.07) is 29.3. The van der Waals surface area contributed by atoms with Crippen LogP contribution in [-0.2, 0) is 12.8 Å². The quantitative estimate of drug-likeness (QED) is 0.204. The Kier molecular flexibility index (Phi) is 8.67. The van der Waals surface area contributed by atoms with Crippen molar-refractivity contribution < 1.29 is 14.2 Å².